The molecule has 0 saturated carbocycles. The van der Waals surface area contributed by atoms with Gasteiger partial charge in [0.2, 0.25) is 0 Å². The second-order valence-electron chi connectivity index (χ2n) is 5.73. The molecule has 0 unspecified atom stereocenters. The number of hydrogen-bond acceptors (Lipinski definition) is 3. The van der Waals surface area contributed by atoms with Crippen LogP contribution < -0.4 is 5.32 Å². The van der Waals surface area contributed by atoms with Crippen molar-refractivity contribution in [3.63, 3.8) is 0 Å². The second-order valence-corrected chi connectivity index (χ2v) is 6.81. The van der Waals surface area contributed by atoms with Crippen LogP contribution in [-0.4, -0.2) is 11.5 Å². The number of hydrogen-bond donors (Lipinski definition) is 1. The van der Waals surface area contributed by atoms with Gasteiger partial charge >= 0.3 is 0 Å². The quantitative estimate of drug-likeness (QED) is 0.846. The van der Waals surface area contributed by atoms with Gasteiger partial charge in [-0.05, 0) is 37.4 Å². The van der Waals surface area contributed by atoms with E-state index in [0.717, 1.165) is 35.8 Å². The van der Waals surface area contributed by atoms with Crippen molar-refractivity contribution in [3.8, 4) is 10.6 Å². The smallest absolute Gasteiger partial charge is 0.126 e. The normalized spacial score (nSPS) is 11.3. The molecule has 0 bridgehead atoms. The van der Waals surface area contributed by atoms with Gasteiger partial charge in [0, 0.05) is 17.0 Å². The first-order chi connectivity index (χ1) is 10.0. The summed E-state index contributed by atoms with van der Waals surface area (Å²) < 4.78 is 13.7. The van der Waals surface area contributed by atoms with E-state index in [9.17, 15) is 4.39 Å². The van der Waals surface area contributed by atoms with Crippen molar-refractivity contribution in [3.05, 3.63) is 40.2 Å². The van der Waals surface area contributed by atoms with Crippen LogP contribution in [0.1, 0.15) is 36.9 Å². The molecule has 0 radical (unpaired) electrons. The zero-order chi connectivity index (χ0) is 15.4. The average Bonchev–Trinajstić information content (AvgIpc) is 2.82. The summed E-state index contributed by atoms with van der Waals surface area (Å²) in [6.07, 6.45) is 0.964. The molecule has 0 aliphatic carbocycles. The monoisotopic (exact) mass is 306 g/mol. The van der Waals surface area contributed by atoms with Gasteiger partial charge in [0.1, 0.15) is 10.8 Å². The van der Waals surface area contributed by atoms with E-state index in [1.165, 1.54) is 4.88 Å². The average molecular weight is 306 g/mol. The maximum Gasteiger partial charge on any atom is 0.126 e. The Balaban J connectivity index is 2.34. The van der Waals surface area contributed by atoms with Crippen molar-refractivity contribution in [2.45, 2.75) is 40.7 Å². The molecule has 2 rings (SSSR count). The van der Waals surface area contributed by atoms with Crippen LogP contribution in [0.15, 0.2) is 18.2 Å². The lowest BCUT2D eigenvalue weighted by atomic mass is 10.1. The molecule has 114 valence electrons. The van der Waals surface area contributed by atoms with Gasteiger partial charge < -0.3 is 5.32 Å². The zero-order valence-electron chi connectivity index (χ0n) is 13.2. The molecule has 0 amide bonds. The van der Waals surface area contributed by atoms with E-state index in [0.29, 0.717) is 11.5 Å². The minimum atomic E-state index is -0.165. The maximum atomic E-state index is 13.7. The number of thiazole rings is 1. The van der Waals surface area contributed by atoms with Crippen molar-refractivity contribution < 1.29 is 4.39 Å². The molecular weight excluding hydrogens is 283 g/mol. The van der Waals surface area contributed by atoms with Crippen molar-refractivity contribution in [1.29, 1.82) is 0 Å². The highest BCUT2D eigenvalue weighted by Crippen LogP contribution is 2.30. The fraction of sp³-hybridized carbons (Fsp3) is 0.471. The lowest BCUT2D eigenvalue weighted by molar-refractivity contribution is 0.618. The Morgan fingerprint density at radius 3 is 2.71 bits per heavy atom. The Labute approximate surface area is 130 Å². The third kappa shape index (κ3) is 4.11. The van der Waals surface area contributed by atoms with E-state index < -0.39 is 0 Å². The predicted molar refractivity (Wildman–Crippen MR) is 88.2 cm³/mol. The highest BCUT2D eigenvalue weighted by atomic mass is 32.1. The first-order valence-corrected chi connectivity index (χ1v) is 8.28. The molecule has 0 atom stereocenters. The van der Waals surface area contributed by atoms with Gasteiger partial charge in [0.25, 0.3) is 0 Å². The van der Waals surface area contributed by atoms with Gasteiger partial charge in [0.05, 0.1) is 5.69 Å². The van der Waals surface area contributed by atoms with Crippen LogP contribution >= 0.6 is 11.3 Å². The SMILES string of the molecule is CCNCc1sc(-c2ccc(C)c(F)c2)nc1CC(C)C. The van der Waals surface area contributed by atoms with Gasteiger partial charge in [0.15, 0.2) is 0 Å². The Bertz CT molecular complexity index is 605. The number of benzene rings is 1. The maximum absolute atomic E-state index is 13.7. The van der Waals surface area contributed by atoms with Crippen LogP contribution in [0.2, 0.25) is 0 Å². The van der Waals surface area contributed by atoms with Crippen LogP contribution in [0.4, 0.5) is 4.39 Å². The largest absolute Gasteiger partial charge is 0.312 e. The Kier molecular flexibility index (Phi) is 5.48. The summed E-state index contributed by atoms with van der Waals surface area (Å²) in [6.45, 7) is 10.0. The third-order valence-corrected chi connectivity index (χ3v) is 4.48. The molecule has 0 aliphatic heterocycles. The lowest BCUT2D eigenvalue weighted by Gasteiger charge is -2.04. The molecule has 0 fully saturated rings. The summed E-state index contributed by atoms with van der Waals surface area (Å²) in [5, 5.41) is 4.27. The van der Waals surface area contributed by atoms with E-state index in [1.54, 1.807) is 24.3 Å². The number of nitrogens with zero attached hydrogens (tertiary/aromatic N) is 1. The van der Waals surface area contributed by atoms with Crippen LogP contribution in [0.25, 0.3) is 10.6 Å². The summed E-state index contributed by atoms with van der Waals surface area (Å²) in [5.74, 6) is 0.399. The molecule has 0 aliphatic rings. The highest BCUT2D eigenvalue weighted by molar-refractivity contribution is 7.15. The van der Waals surface area contributed by atoms with Crippen LogP contribution in [0, 0.1) is 18.7 Å². The highest BCUT2D eigenvalue weighted by Gasteiger charge is 2.14. The summed E-state index contributed by atoms with van der Waals surface area (Å²) >= 11 is 1.67. The predicted octanol–water partition coefficient (Wildman–Crippen LogP) is 4.57. The molecule has 2 aromatic rings. The molecular formula is C17H23FN2S. The third-order valence-electron chi connectivity index (χ3n) is 3.33. The second kappa shape index (κ2) is 7.14. The molecule has 1 aromatic heterocycles. The Hall–Kier alpha value is -1.26. The molecule has 1 aromatic carbocycles. The molecule has 1 N–H and O–H groups in total. The van der Waals surface area contributed by atoms with E-state index >= 15 is 0 Å². The fourth-order valence-corrected chi connectivity index (χ4v) is 3.21. The van der Waals surface area contributed by atoms with E-state index in [4.69, 9.17) is 4.98 Å². The standard InChI is InChI=1S/C17H23FN2S/c1-5-19-10-16-15(8-11(2)3)20-17(21-16)13-7-6-12(4)14(18)9-13/h6-7,9,11,19H,5,8,10H2,1-4H3. The number of rotatable bonds is 6. The molecule has 1 heterocycles. The lowest BCUT2D eigenvalue weighted by Crippen LogP contribution is -2.12. The van der Waals surface area contributed by atoms with Crippen molar-refractivity contribution in [2.24, 2.45) is 5.92 Å². The summed E-state index contributed by atoms with van der Waals surface area (Å²) in [6, 6.07) is 5.36. The number of nitrogens with one attached hydrogen (secondary N) is 1. The number of aromatic nitrogens is 1. The minimum absolute atomic E-state index is 0.165. The van der Waals surface area contributed by atoms with Crippen molar-refractivity contribution >= 4 is 11.3 Å². The number of aryl methyl sites for hydroxylation is 1. The van der Waals surface area contributed by atoms with Gasteiger partial charge in [-0.25, -0.2) is 9.37 Å². The topological polar surface area (TPSA) is 24.9 Å². The minimum Gasteiger partial charge on any atom is -0.312 e. The summed E-state index contributed by atoms with van der Waals surface area (Å²) in [4.78, 5) is 6.02. The first kappa shape index (κ1) is 16.1. The Morgan fingerprint density at radius 1 is 1.33 bits per heavy atom. The molecule has 0 saturated heterocycles. The van der Waals surface area contributed by atoms with E-state index in [1.807, 2.05) is 12.1 Å². The van der Waals surface area contributed by atoms with Gasteiger partial charge in [-0.2, -0.15) is 0 Å². The zero-order valence-corrected chi connectivity index (χ0v) is 14.0. The Morgan fingerprint density at radius 2 is 2.10 bits per heavy atom. The van der Waals surface area contributed by atoms with Gasteiger partial charge in [-0.15, -0.1) is 11.3 Å². The first-order valence-electron chi connectivity index (χ1n) is 7.47. The summed E-state index contributed by atoms with van der Waals surface area (Å²) in [5.41, 5.74) is 2.69. The van der Waals surface area contributed by atoms with E-state index in [2.05, 4.69) is 26.1 Å². The van der Waals surface area contributed by atoms with Crippen LogP contribution in [0.5, 0.6) is 0 Å². The summed E-state index contributed by atoms with van der Waals surface area (Å²) in [7, 11) is 0. The van der Waals surface area contributed by atoms with Crippen LogP contribution in [0.3, 0.4) is 0 Å². The van der Waals surface area contributed by atoms with E-state index in [-0.39, 0.29) is 5.82 Å². The number of halogens is 1. The van der Waals surface area contributed by atoms with Crippen molar-refractivity contribution in [1.82, 2.24) is 10.3 Å². The fourth-order valence-electron chi connectivity index (χ4n) is 2.16. The van der Waals surface area contributed by atoms with Crippen molar-refractivity contribution in [2.75, 3.05) is 6.54 Å². The molecule has 2 nitrogen and oxygen atoms in total. The molecule has 21 heavy (non-hydrogen) atoms. The van der Waals surface area contributed by atoms with Gasteiger partial charge in [-0.3, -0.25) is 0 Å². The molecule has 4 heteroatoms. The van der Waals surface area contributed by atoms with Crippen LogP contribution in [-0.2, 0) is 13.0 Å². The molecule has 0 spiro atoms. The van der Waals surface area contributed by atoms with Gasteiger partial charge in [-0.1, -0.05) is 32.9 Å².